The van der Waals surface area contributed by atoms with Crippen molar-refractivity contribution in [1.82, 2.24) is 4.98 Å². The Labute approximate surface area is 192 Å². The minimum atomic E-state index is -0.318. The van der Waals surface area contributed by atoms with Gasteiger partial charge in [0.15, 0.2) is 0 Å². The van der Waals surface area contributed by atoms with E-state index in [4.69, 9.17) is 16.3 Å². The lowest BCUT2D eigenvalue weighted by Gasteiger charge is -2.30. The van der Waals surface area contributed by atoms with Crippen LogP contribution in [-0.4, -0.2) is 12.1 Å². The molecule has 4 heteroatoms. The Kier molecular flexibility index (Phi) is 8.02. The topological polar surface area (TPSA) is 22.1 Å². The van der Waals surface area contributed by atoms with Gasteiger partial charge in [0.05, 0.1) is 18.7 Å². The van der Waals surface area contributed by atoms with Crippen molar-refractivity contribution < 1.29 is 9.13 Å². The first-order valence-electron chi connectivity index (χ1n) is 11.7. The second-order valence-electron chi connectivity index (χ2n) is 9.94. The van der Waals surface area contributed by atoms with Crippen molar-refractivity contribution in [3.05, 3.63) is 47.4 Å². The molecule has 1 aliphatic rings. The summed E-state index contributed by atoms with van der Waals surface area (Å²) in [6.07, 6.45) is 9.39. The van der Waals surface area contributed by atoms with E-state index in [1.807, 2.05) is 0 Å². The van der Waals surface area contributed by atoms with Crippen molar-refractivity contribution in [1.29, 1.82) is 0 Å². The van der Waals surface area contributed by atoms with Crippen LogP contribution in [0.3, 0.4) is 0 Å². The number of rotatable bonds is 9. The zero-order chi connectivity index (χ0) is 22.6. The summed E-state index contributed by atoms with van der Waals surface area (Å²) in [4.78, 5) is 4.02. The number of unbranched alkanes of at least 4 members (excludes halogenated alkanes) is 1. The van der Waals surface area contributed by atoms with Gasteiger partial charge in [0.1, 0.15) is 5.82 Å². The highest BCUT2D eigenvalue weighted by atomic mass is 35.5. The van der Waals surface area contributed by atoms with Crippen molar-refractivity contribution in [2.75, 3.05) is 7.11 Å². The number of hydrogen-bond donors (Lipinski definition) is 0. The number of halogens is 2. The molecular formula is C27H37ClFNO. The van der Waals surface area contributed by atoms with Gasteiger partial charge in [-0.25, -0.2) is 9.37 Å². The van der Waals surface area contributed by atoms with Gasteiger partial charge in [-0.3, -0.25) is 0 Å². The second kappa shape index (κ2) is 10.3. The first kappa shape index (κ1) is 24.0. The summed E-state index contributed by atoms with van der Waals surface area (Å²) in [6, 6.07) is 8.10. The molecule has 0 spiro atoms. The zero-order valence-electron chi connectivity index (χ0n) is 19.7. The number of hydrogen-bond acceptors (Lipinski definition) is 2. The number of aromatic nitrogens is 1. The van der Waals surface area contributed by atoms with Crippen LogP contribution in [-0.2, 0) is 0 Å². The minimum Gasteiger partial charge on any atom is -0.481 e. The number of nitrogens with zero attached hydrogens (tertiary/aromatic N) is 1. The number of ether oxygens (including phenoxy) is 1. The van der Waals surface area contributed by atoms with Crippen LogP contribution in [0, 0.1) is 17.2 Å². The summed E-state index contributed by atoms with van der Waals surface area (Å²) < 4.78 is 20.1. The van der Waals surface area contributed by atoms with Gasteiger partial charge in [-0.15, -0.1) is 11.6 Å². The van der Waals surface area contributed by atoms with Gasteiger partial charge in [-0.1, -0.05) is 71.6 Å². The van der Waals surface area contributed by atoms with Crippen LogP contribution >= 0.6 is 11.6 Å². The van der Waals surface area contributed by atoms with Crippen molar-refractivity contribution in [2.24, 2.45) is 11.3 Å². The number of benzene rings is 1. The van der Waals surface area contributed by atoms with Crippen molar-refractivity contribution in [2.45, 2.75) is 83.9 Å². The van der Waals surface area contributed by atoms with Crippen LogP contribution in [0.25, 0.3) is 11.1 Å². The number of alkyl halides is 1. The second-order valence-corrected chi connectivity index (χ2v) is 10.5. The fraction of sp³-hybridized carbons (Fsp3) is 0.593. The third-order valence-electron chi connectivity index (χ3n) is 7.06. The molecule has 0 radical (unpaired) electrons. The summed E-state index contributed by atoms with van der Waals surface area (Å²) in [6.45, 7) is 9.18. The number of pyridine rings is 1. The van der Waals surface area contributed by atoms with Crippen LogP contribution in [0.1, 0.15) is 95.1 Å². The molecule has 31 heavy (non-hydrogen) atoms. The van der Waals surface area contributed by atoms with E-state index in [2.05, 4.69) is 50.9 Å². The van der Waals surface area contributed by atoms with Crippen LogP contribution < -0.4 is 4.74 Å². The van der Waals surface area contributed by atoms with Crippen LogP contribution in [0.2, 0.25) is 0 Å². The van der Waals surface area contributed by atoms with Crippen molar-refractivity contribution in [3.8, 4) is 17.0 Å². The quantitative estimate of drug-likeness (QED) is 0.360. The summed E-state index contributed by atoms with van der Waals surface area (Å²) in [5, 5.41) is -0.0269. The van der Waals surface area contributed by atoms with Gasteiger partial charge in [0, 0.05) is 11.6 Å². The van der Waals surface area contributed by atoms with E-state index in [0.29, 0.717) is 23.3 Å². The molecule has 0 bridgehead atoms. The molecule has 1 aliphatic carbocycles. The lowest BCUT2D eigenvalue weighted by molar-refractivity contribution is 0.332. The third-order valence-corrected chi connectivity index (χ3v) is 7.49. The van der Waals surface area contributed by atoms with E-state index in [9.17, 15) is 4.39 Å². The normalized spacial score (nSPS) is 19.9. The monoisotopic (exact) mass is 445 g/mol. The predicted octanol–water partition coefficient (Wildman–Crippen LogP) is 8.69. The Balaban J connectivity index is 2.02. The Bertz CT molecular complexity index is 882. The molecule has 2 aromatic rings. The molecule has 1 heterocycles. The maximum atomic E-state index is 14.9. The fourth-order valence-corrected chi connectivity index (χ4v) is 5.55. The minimum absolute atomic E-state index is 0.0269. The molecule has 0 amide bonds. The molecule has 1 fully saturated rings. The molecular weight excluding hydrogens is 409 g/mol. The van der Waals surface area contributed by atoms with Gasteiger partial charge in [-0.05, 0) is 53.2 Å². The maximum absolute atomic E-state index is 14.9. The SMILES string of the molecule is CCCCC(C)CC(Cl)c1ccc(-c2cc(OC)ncc2F)c(C2CCCC2(C)C)c1. The average Bonchev–Trinajstić information content (AvgIpc) is 3.11. The first-order chi connectivity index (χ1) is 14.8. The highest BCUT2D eigenvalue weighted by Crippen LogP contribution is 2.52. The molecule has 0 saturated heterocycles. The molecule has 3 atom stereocenters. The van der Waals surface area contributed by atoms with Gasteiger partial charge >= 0.3 is 0 Å². The van der Waals surface area contributed by atoms with Crippen LogP contribution in [0.5, 0.6) is 5.88 Å². The molecule has 0 N–H and O–H groups in total. The van der Waals surface area contributed by atoms with E-state index in [-0.39, 0.29) is 16.6 Å². The Hall–Kier alpha value is -1.61. The number of methoxy groups -OCH3 is 1. The van der Waals surface area contributed by atoms with E-state index in [0.717, 1.165) is 24.0 Å². The molecule has 1 aromatic heterocycles. The van der Waals surface area contributed by atoms with Gasteiger partial charge < -0.3 is 4.74 Å². The van der Waals surface area contributed by atoms with E-state index in [1.165, 1.54) is 43.9 Å². The Morgan fingerprint density at radius 1 is 1.26 bits per heavy atom. The van der Waals surface area contributed by atoms with Crippen molar-refractivity contribution in [3.63, 3.8) is 0 Å². The largest absolute Gasteiger partial charge is 0.481 e. The molecule has 3 unspecified atom stereocenters. The highest BCUT2D eigenvalue weighted by Gasteiger charge is 2.37. The molecule has 0 aliphatic heterocycles. The summed E-state index contributed by atoms with van der Waals surface area (Å²) in [5.41, 5.74) is 4.02. The van der Waals surface area contributed by atoms with Crippen molar-refractivity contribution >= 4 is 11.6 Å². The zero-order valence-corrected chi connectivity index (χ0v) is 20.4. The van der Waals surface area contributed by atoms with Crippen LogP contribution in [0.4, 0.5) is 4.39 Å². The Morgan fingerprint density at radius 3 is 2.68 bits per heavy atom. The molecule has 1 aromatic carbocycles. The molecule has 170 valence electrons. The maximum Gasteiger partial charge on any atom is 0.213 e. The standard InChI is InChI=1S/C27H37ClFNO/c1-6-7-9-18(2)14-24(28)19-11-12-20(22-16-26(31-5)30-17-25(22)29)21(15-19)23-10-8-13-27(23,3)4/h11-12,15-18,23-24H,6-10,13-14H2,1-5H3. The smallest absolute Gasteiger partial charge is 0.213 e. The molecule has 2 nitrogen and oxygen atoms in total. The predicted molar refractivity (Wildman–Crippen MR) is 128 cm³/mol. The van der Waals surface area contributed by atoms with Gasteiger partial charge in [-0.2, -0.15) is 0 Å². The summed E-state index contributed by atoms with van der Waals surface area (Å²) in [7, 11) is 1.56. The fourth-order valence-electron chi connectivity index (χ4n) is 5.11. The lowest BCUT2D eigenvalue weighted by Crippen LogP contribution is -2.17. The third kappa shape index (κ3) is 5.61. The van der Waals surface area contributed by atoms with E-state index < -0.39 is 0 Å². The van der Waals surface area contributed by atoms with Gasteiger partial charge in [0.2, 0.25) is 5.88 Å². The summed E-state index contributed by atoms with van der Waals surface area (Å²) in [5.74, 6) is 1.08. The summed E-state index contributed by atoms with van der Waals surface area (Å²) >= 11 is 6.90. The van der Waals surface area contributed by atoms with Crippen LogP contribution in [0.15, 0.2) is 30.5 Å². The first-order valence-corrected chi connectivity index (χ1v) is 12.2. The Morgan fingerprint density at radius 2 is 2.03 bits per heavy atom. The average molecular weight is 446 g/mol. The van der Waals surface area contributed by atoms with Gasteiger partial charge in [0.25, 0.3) is 0 Å². The molecule has 3 rings (SSSR count). The van der Waals surface area contributed by atoms with E-state index >= 15 is 0 Å². The molecule has 1 saturated carbocycles. The lowest BCUT2D eigenvalue weighted by atomic mass is 9.75. The van der Waals surface area contributed by atoms with E-state index in [1.54, 1.807) is 13.2 Å². The highest BCUT2D eigenvalue weighted by molar-refractivity contribution is 6.20.